The molecule has 0 spiro atoms. The fourth-order valence-electron chi connectivity index (χ4n) is 1.83. The van der Waals surface area contributed by atoms with Crippen LogP contribution in [0.1, 0.15) is 12.0 Å². The van der Waals surface area contributed by atoms with Gasteiger partial charge in [0.1, 0.15) is 6.42 Å². The summed E-state index contributed by atoms with van der Waals surface area (Å²) in [6, 6.07) is 18.3. The van der Waals surface area contributed by atoms with Gasteiger partial charge in [-0.05, 0) is 23.8 Å². The predicted octanol–water partition coefficient (Wildman–Crippen LogP) is 3.08. The number of nitrogens with zero attached hydrogens (tertiary/aromatic N) is 2. The molecule has 0 bridgehead atoms. The van der Waals surface area contributed by atoms with E-state index in [9.17, 15) is 4.79 Å². The van der Waals surface area contributed by atoms with Crippen LogP contribution in [0.3, 0.4) is 0 Å². The average Bonchev–Trinajstić information content (AvgIpc) is 2.48. The van der Waals surface area contributed by atoms with Crippen molar-refractivity contribution in [1.29, 1.82) is 10.5 Å². The second kappa shape index (κ2) is 6.17. The standard InChI is InChI=1S/C16H11N3O/c17-10-9-16(20)19-15-4-2-1-3-14(15)13-7-5-12(11-18)6-8-13/h1-8H,9H2,(H,19,20). The van der Waals surface area contributed by atoms with Gasteiger partial charge in [-0.3, -0.25) is 4.79 Å². The molecule has 0 radical (unpaired) electrons. The van der Waals surface area contributed by atoms with Gasteiger partial charge < -0.3 is 5.32 Å². The number of hydrogen-bond donors (Lipinski definition) is 1. The Hall–Kier alpha value is -3.11. The molecule has 0 fully saturated rings. The Bertz CT molecular complexity index is 706. The number of benzene rings is 2. The lowest BCUT2D eigenvalue weighted by Crippen LogP contribution is -2.10. The van der Waals surface area contributed by atoms with Gasteiger partial charge in [-0.1, -0.05) is 30.3 Å². The van der Waals surface area contributed by atoms with Gasteiger partial charge in [0.2, 0.25) is 5.91 Å². The molecule has 2 aromatic carbocycles. The second-order valence-corrected chi connectivity index (χ2v) is 4.12. The zero-order valence-electron chi connectivity index (χ0n) is 10.6. The molecule has 0 heterocycles. The van der Waals surface area contributed by atoms with Crippen molar-refractivity contribution in [2.45, 2.75) is 6.42 Å². The number of amides is 1. The Morgan fingerprint density at radius 1 is 1.05 bits per heavy atom. The van der Waals surface area contributed by atoms with Crippen molar-refractivity contribution in [2.75, 3.05) is 5.32 Å². The highest BCUT2D eigenvalue weighted by atomic mass is 16.1. The number of para-hydroxylation sites is 1. The first-order valence-electron chi connectivity index (χ1n) is 6.01. The number of carbonyl (C=O) groups excluding carboxylic acids is 1. The molecule has 2 rings (SSSR count). The van der Waals surface area contributed by atoms with Crippen LogP contribution in [-0.4, -0.2) is 5.91 Å². The van der Waals surface area contributed by atoms with E-state index in [2.05, 4.69) is 11.4 Å². The van der Waals surface area contributed by atoms with Crippen LogP contribution in [0.15, 0.2) is 48.5 Å². The summed E-state index contributed by atoms with van der Waals surface area (Å²) in [5.41, 5.74) is 2.98. The van der Waals surface area contributed by atoms with Gasteiger partial charge >= 0.3 is 0 Å². The summed E-state index contributed by atoms with van der Waals surface area (Å²) in [5.74, 6) is -0.339. The van der Waals surface area contributed by atoms with Crippen molar-refractivity contribution in [1.82, 2.24) is 0 Å². The quantitative estimate of drug-likeness (QED) is 0.922. The molecule has 1 N–H and O–H groups in total. The fourth-order valence-corrected chi connectivity index (χ4v) is 1.83. The van der Waals surface area contributed by atoms with E-state index in [1.807, 2.05) is 36.4 Å². The Kier molecular flexibility index (Phi) is 4.11. The van der Waals surface area contributed by atoms with Gasteiger partial charge in [-0.2, -0.15) is 10.5 Å². The van der Waals surface area contributed by atoms with Crippen molar-refractivity contribution >= 4 is 11.6 Å². The molecule has 2 aromatic rings. The molecule has 0 saturated carbocycles. The molecule has 96 valence electrons. The highest BCUT2D eigenvalue weighted by Crippen LogP contribution is 2.28. The van der Waals surface area contributed by atoms with E-state index in [4.69, 9.17) is 10.5 Å². The number of nitrogens with one attached hydrogen (secondary N) is 1. The second-order valence-electron chi connectivity index (χ2n) is 4.12. The topological polar surface area (TPSA) is 76.7 Å². The van der Waals surface area contributed by atoms with E-state index in [1.165, 1.54) is 0 Å². The first-order valence-corrected chi connectivity index (χ1v) is 6.01. The average molecular weight is 261 g/mol. The minimum atomic E-state index is -0.339. The Morgan fingerprint density at radius 2 is 1.75 bits per heavy atom. The number of nitriles is 2. The summed E-state index contributed by atoms with van der Waals surface area (Å²) in [4.78, 5) is 11.5. The van der Waals surface area contributed by atoms with Crippen LogP contribution in [0.2, 0.25) is 0 Å². The Balaban J connectivity index is 2.34. The Morgan fingerprint density at radius 3 is 2.40 bits per heavy atom. The molecule has 0 saturated heterocycles. The number of rotatable bonds is 3. The number of carbonyl (C=O) groups is 1. The highest BCUT2D eigenvalue weighted by Gasteiger charge is 2.07. The lowest BCUT2D eigenvalue weighted by atomic mass is 10.0. The molecule has 4 nitrogen and oxygen atoms in total. The normalized spacial score (nSPS) is 9.30. The van der Waals surface area contributed by atoms with E-state index in [-0.39, 0.29) is 12.3 Å². The third kappa shape index (κ3) is 3.01. The van der Waals surface area contributed by atoms with Gasteiger partial charge in [-0.25, -0.2) is 0 Å². The highest BCUT2D eigenvalue weighted by molar-refractivity contribution is 5.96. The maximum Gasteiger partial charge on any atom is 0.238 e. The van der Waals surface area contributed by atoms with Crippen LogP contribution in [0.4, 0.5) is 5.69 Å². The van der Waals surface area contributed by atoms with Crippen LogP contribution >= 0.6 is 0 Å². The summed E-state index contributed by atoms with van der Waals surface area (Å²) in [6.07, 6.45) is -0.179. The van der Waals surface area contributed by atoms with Crippen molar-refractivity contribution in [2.24, 2.45) is 0 Å². The molecule has 0 aliphatic heterocycles. The smallest absolute Gasteiger partial charge is 0.238 e. The molecule has 4 heteroatoms. The lowest BCUT2D eigenvalue weighted by Gasteiger charge is -2.10. The van der Waals surface area contributed by atoms with Gasteiger partial charge in [0.15, 0.2) is 0 Å². The minimum Gasteiger partial charge on any atom is -0.325 e. The zero-order valence-corrected chi connectivity index (χ0v) is 10.6. The molecular formula is C16H11N3O. The SMILES string of the molecule is N#CCC(=O)Nc1ccccc1-c1ccc(C#N)cc1. The molecule has 1 amide bonds. The molecular weight excluding hydrogens is 250 g/mol. The summed E-state index contributed by atoms with van der Waals surface area (Å²) >= 11 is 0. The van der Waals surface area contributed by atoms with Crippen molar-refractivity contribution in [3.63, 3.8) is 0 Å². The van der Waals surface area contributed by atoms with E-state index in [0.717, 1.165) is 11.1 Å². The summed E-state index contributed by atoms with van der Waals surface area (Å²) in [7, 11) is 0. The predicted molar refractivity (Wildman–Crippen MR) is 75.5 cm³/mol. The van der Waals surface area contributed by atoms with Crippen LogP contribution < -0.4 is 5.32 Å². The first kappa shape index (κ1) is 13.3. The zero-order chi connectivity index (χ0) is 14.4. The maximum absolute atomic E-state index is 11.5. The van der Waals surface area contributed by atoms with Gasteiger partial charge in [0.05, 0.1) is 17.7 Å². The molecule has 20 heavy (non-hydrogen) atoms. The third-order valence-electron chi connectivity index (χ3n) is 2.77. The van der Waals surface area contributed by atoms with Crippen LogP contribution in [-0.2, 0) is 4.79 Å². The maximum atomic E-state index is 11.5. The van der Waals surface area contributed by atoms with Crippen LogP contribution in [0.5, 0.6) is 0 Å². The number of hydrogen-bond acceptors (Lipinski definition) is 3. The van der Waals surface area contributed by atoms with E-state index in [0.29, 0.717) is 11.3 Å². The van der Waals surface area contributed by atoms with Gasteiger partial charge in [-0.15, -0.1) is 0 Å². The summed E-state index contributed by atoms with van der Waals surface area (Å²) < 4.78 is 0. The largest absolute Gasteiger partial charge is 0.325 e. The summed E-state index contributed by atoms with van der Waals surface area (Å²) in [6.45, 7) is 0. The minimum absolute atomic E-state index is 0.179. The summed E-state index contributed by atoms with van der Waals surface area (Å²) in [5, 5.41) is 20.0. The molecule has 0 aliphatic rings. The van der Waals surface area contributed by atoms with E-state index >= 15 is 0 Å². The Labute approximate surface area is 116 Å². The molecule has 0 aromatic heterocycles. The molecule has 0 aliphatic carbocycles. The van der Waals surface area contributed by atoms with E-state index in [1.54, 1.807) is 18.2 Å². The fraction of sp³-hybridized carbons (Fsp3) is 0.0625. The monoisotopic (exact) mass is 261 g/mol. The van der Waals surface area contributed by atoms with Crippen molar-refractivity contribution < 1.29 is 4.79 Å². The molecule has 0 atom stereocenters. The van der Waals surface area contributed by atoms with Crippen LogP contribution in [0, 0.1) is 22.7 Å². The number of anilines is 1. The van der Waals surface area contributed by atoms with Crippen molar-refractivity contribution in [3.05, 3.63) is 54.1 Å². The van der Waals surface area contributed by atoms with Crippen LogP contribution in [0.25, 0.3) is 11.1 Å². The van der Waals surface area contributed by atoms with Gasteiger partial charge in [0.25, 0.3) is 0 Å². The van der Waals surface area contributed by atoms with Crippen molar-refractivity contribution in [3.8, 4) is 23.3 Å². The first-order chi connectivity index (χ1) is 9.74. The van der Waals surface area contributed by atoms with Gasteiger partial charge in [0, 0.05) is 11.3 Å². The lowest BCUT2D eigenvalue weighted by molar-refractivity contribution is -0.115. The third-order valence-corrected chi connectivity index (χ3v) is 2.77. The molecule has 0 unspecified atom stereocenters. The van der Waals surface area contributed by atoms with E-state index < -0.39 is 0 Å².